The molecule has 0 spiro atoms. The second-order valence-electron chi connectivity index (χ2n) is 3.80. The van der Waals surface area contributed by atoms with Crippen molar-refractivity contribution in [3.63, 3.8) is 0 Å². The van der Waals surface area contributed by atoms with Crippen molar-refractivity contribution in [2.24, 2.45) is 0 Å². The number of benzene rings is 1. The van der Waals surface area contributed by atoms with Gasteiger partial charge >= 0.3 is 0 Å². The first-order chi connectivity index (χ1) is 8.29. The van der Waals surface area contributed by atoms with Crippen LogP contribution in [-0.2, 0) is 14.2 Å². The highest BCUT2D eigenvalue weighted by atomic mass is 35.5. The average Bonchev–Trinajstić information content (AvgIpc) is 2.79. The van der Waals surface area contributed by atoms with Gasteiger partial charge in [0, 0.05) is 10.6 Å². The molecule has 1 aliphatic rings. The molecule has 1 saturated heterocycles. The first-order valence-corrected chi connectivity index (χ1v) is 5.88. The lowest BCUT2D eigenvalue weighted by Crippen LogP contribution is -2.17. The number of halogens is 1. The quantitative estimate of drug-likeness (QED) is 0.597. The zero-order chi connectivity index (χ0) is 12.1. The fourth-order valence-corrected chi connectivity index (χ4v) is 1.74. The smallest absolute Gasteiger partial charge is 0.184 e. The highest BCUT2D eigenvalue weighted by Crippen LogP contribution is 2.27. The monoisotopic (exact) mass is 254 g/mol. The summed E-state index contributed by atoms with van der Waals surface area (Å²) in [5, 5.41) is 0.706. The molecule has 4 heteroatoms. The van der Waals surface area contributed by atoms with Crippen LogP contribution in [0.4, 0.5) is 0 Å². The zero-order valence-electron chi connectivity index (χ0n) is 9.47. The summed E-state index contributed by atoms with van der Waals surface area (Å²) >= 11 is 5.82. The Morgan fingerprint density at radius 1 is 1.41 bits per heavy atom. The molecule has 1 aliphatic heterocycles. The van der Waals surface area contributed by atoms with E-state index in [2.05, 4.69) is 6.58 Å². The summed E-state index contributed by atoms with van der Waals surface area (Å²) in [5.74, 6) is 0. The molecular formula is C13H15ClO3. The van der Waals surface area contributed by atoms with Crippen molar-refractivity contribution < 1.29 is 14.2 Å². The Bertz CT molecular complexity index is 363. The summed E-state index contributed by atoms with van der Waals surface area (Å²) in [7, 11) is 0. The summed E-state index contributed by atoms with van der Waals surface area (Å²) in [6.45, 7) is 5.19. The van der Waals surface area contributed by atoms with Crippen molar-refractivity contribution in [3.8, 4) is 0 Å². The molecule has 0 aromatic heterocycles. The van der Waals surface area contributed by atoms with Crippen LogP contribution in [-0.4, -0.2) is 25.9 Å². The summed E-state index contributed by atoms with van der Waals surface area (Å²) in [6, 6.07) is 7.45. The van der Waals surface area contributed by atoms with E-state index < -0.39 is 0 Å². The number of hydrogen-bond donors (Lipinski definition) is 0. The topological polar surface area (TPSA) is 27.7 Å². The molecule has 0 amide bonds. The van der Waals surface area contributed by atoms with E-state index in [-0.39, 0.29) is 12.4 Å². The van der Waals surface area contributed by atoms with Crippen LogP contribution in [0.3, 0.4) is 0 Å². The van der Waals surface area contributed by atoms with Gasteiger partial charge in [0.1, 0.15) is 6.10 Å². The first kappa shape index (κ1) is 12.6. The van der Waals surface area contributed by atoms with Gasteiger partial charge in [-0.3, -0.25) is 0 Å². The highest BCUT2D eigenvalue weighted by molar-refractivity contribution is 6.30. The lowest BCUT2D eigenvalue weighted by Gasteiger charge is -2.11. The van der Waals surface area contributed by atoms with E-state index >= 15 is 0 Å². The van der Waals surface area contributed by atoms with Gasteiger partial charge in [-0.1, -0.05) is 29.8 Å². The Balaban J connectivity index is 1.84. The maximum atomic E-state index is 5.82. The van der Waals surface area contributed by atoms with Crippen LogP contribution in [0, 0.1) is 0 Å². The summed E-state index contributed by atoms with van der Waals surface area (Å²) in [5.41, 5.74) is 0.973. The standard InChI is InChI=1S/C13H15ClO3/c1-2-7-15-8-12-9-16-13(17-12)10-3-5-11(14)6-4-10/h2-6,12-13H,1,7-9H2/t12-,13-/m0/s1. The minimum absolute atomic E-state index is 0.0179. The van der Waals surface area contributed by atoms with Crippen LogP contribution in [0.25, 0.3) is 0 Å². The SMILES string of the molecule is C=CCOC[C@H]1CO[C@H](c2ccc(Cl)cc2)O1. The zero-order valence-corrected chi connectivity index (χ0v) is 10.2. The molecule has 0 bridgehead atoms. The lowest BCUT2D eigenvalue weighted by molar-refractivity contribution is -0.0722. The van der Waals surface area contributed by atoms with E-state index in [9.17, 15) is 0 Å². The third-order valence-electron chi connectivity index (χ3n) is 2.43. The minimum Gasteiger partial charge on any atom is -0.375 e. The van der Waals surface area contributed by atoms with Gasteiger partial charge in [0.25, 0.3) is 0 Å². The Hall–Kier alpha value is -0.870. The minimum atomic E-state index is -0.315. The van der Waals surface area contributed by atoms with Crippen LogP contribution in [0.2, 0.25) is 5.02 Å². The third-order valence-corrected chi connectivity index (χ3v) is 2.68. The molecule has 2 atom stereocenters. The van der Waals surface area contributed by atoms with Crippen LogP contribution >= 0.6 is 11.6 Å². The fraction of sp³-hybridized carbons (Fsp3) is 0.385. The normalized spacial score (nSPS) is 23.8. The van der Waals surface area contributed by atoms with Crippen molar-refractivity contribution in [3.05, 3.63) is 47.5 Å². The summed E-state index contributed by atoms with van der Waals surface area (Å²) in [6.07, 6.45) is 1.38. The molecular weight excluding hydrogens is 240 g/mol. The van der Waals surface area contributed by atoms with Gasteiger partial charge in [-0.15, -0.1) is 6.58 Å². The molecule has 2 rings (SSSR count). The maximum Gasteiger partial charge on any atom is 0.184 e. The second kappa shape index (κ2) is 6.17. The van der Waals surface area contributed by atoms with Crippen molar-refractivity contribution in [1.82, 2.24) is 0 Å². The van der Waals surface area contributed by atoms with Crippen molar-refractivity contribution >= 4 is 11.6 Å². The van der Waals surface area contributed by atoms with Gasteiger partial charge in [0.05, 0.1) is 19.8 Å². The van der Waals surface area contributed by atoms with Crippen LogP contribution in [0.1, 0.15) is 11.9 Å². The largest absolute Gasteiger partial charge is 0.375 e. The van der Waals surface area contributed by atoms with Gasteiger partial charge in [0.15, 0.2) is 6.29 Å². The van der Waals surface area contributed by atoms with Gasteiger partial charge in [-0.05, 0) is 12.1 Å². The first-order valence-electron chi connectivity index (χ1n) is 5.51. The third kappa shape index (κ3) is 3.54. The molecule has 1 fully saturated rings. The molecule has 0 N–H and O–H groups in total. The van der Waals surface area contributed by atoms with E-state index in [0.29, 0.717) is 24.8 Å². The van der Waals surface area contributed by atoms with Gasteiger partial charge in [0.2, 0.25) is 0 Å². The molecule has 0 saturated carbocycles. The van der Waals surface area contributed by atoms with E-state index in [0.717, 1.165) is 5.56 Å². The predicted octanol–water partition coefficient (Wildman–Crippen LogP) is 2.96. The molecule has 0 unspecified atom stereocenters. The van der Waals surface area contributed by atoms with E-state index in [4.69, 9.17) is 25.8 Å². The Kier molecular flexibility index (Phi) is 4.57. The highest BCUT2D eigenvalue weighted by Gasteiger charge is 2.27. The van der Waals surface area contributed by atoms with Gasteiger partial charge < -0.3 is 14.2 Å². The van der Waals surface area contributed by atoms with Crippen LogP contribution < -0.4 is 0 Å². The maximum absolute atomic E-state index is 5.82. The second-order valence-corrected chi connectivity index (χ2v) is 4.24. The number of ether oxygens (including phenoxy) is 3. The van der Waals surface area contributed by atoms with Crippen molar-refractivity contribution in [2.75, 3.05) is 19.8 Å². The number of hydrogen-bond acceptors (Lipinski definition) is 3. The molecule has 1 aromatic carbocycles. The van der Waals surface area contributed by atoms with Crippen molar-refractivity contribution in [1.29, 1.82) is 0 Å². The van der Waals surface area contributed by atoms with Crippen molar-refractivity contribution in [2.45, 2.75) is 12.4 Å². The Morgan fingerprint density at radius 2 is 2.18 bits per heavy atom. The van der Waals surface area contributed by atoms with E-state index in [1.54, 1.807) is 6.08 Å². The lowest BCUT2D eigenvalue weighted by atomic mass is 10.2. The average molecular weight is 255 g/mol. The molecule has 0 aliphatic carbocycles. The van der Waals surface area contributed by atoms with E-state index in [1.165, 1.54) is 0 Å². The van der Waals surface area contributed by atoms with Gasteiger partial charge in [-0.25, -0.2) is 0 Å². The molecule has 1 aromatic rings. The predicted molar refractivity (Wildman–Crippen MR) is 66.0 cm³/mol. The van der Waals surface area contributed by atoms with Gasteiger partial charge in [-0.2, -0.15) is 0 Å². The molecule has 17 heavy (non-hydrogen) atoms. The molecule has 3 nitrogen and oxygen atoms in total. The molecule has 1 heterocycles. The Morgan fingerprint density at radius 3 is 2.88 bits per heavy atom. The number of rotatable bonds is 5. The molecule has 0 radical (unpaired) electrons. The van der Waals surface area contributed by atoms with Crippen LogP contribution in [0.15, 0.2) is 36.9 Å². The van der Waals surface area contributed by atoms with Crippen LogP contribution in [0.5, 0.6) is 0 Å². The molecule has 92 valence electrons. The summed E-state index contributed by atoms with van der Waals surface area (Å²) < 4.78 is 16.6. The summed E-state index contributed by atoms with van der Waals surface area (Å²) in [4.78, 5) is 0. The fourth-order valence-electron chi connectivity index (χ4n) is 1.61. The van der Waals surface area contributed by atoms with E-state index in [1.807, 2.05) is 24.3 Å². The Labute approximate surface area is 106 Å².